The summed E-state index contributed by atoms with van der Waals surface area (Å²) in [6.07, 6.45) is 7.59. The van der Waals surface area contributed by atoms with Gasteiger partial charge in [0.2, 0.25) is 0 Å². The number of hydrogen-bond acceptors (Lipinski definition) is 2. The van der Waals surface area contributed by atoms with Crippen molar-refractivity contribution in [3.8, 4) is 0 Å². The zero-order valence-corrected chi connectivity index (χ0v) is 8.78. The van der Waals surface area contributed by atoms with Gasteiger partial charge in [-0.3, -0.25) is 10.2 Å². The Labute approximate surface area is 87.3 Å². The Morgan fingerprint density at radius 3 is 1.93 bits per heavy atom. The maximum atomic E-state index is 3.79. The predicted molar refractivity (Wildman–Crippen MR) is 64.2 cm³/mol. The number of nitrogens with one attached hydrogen (secondary N) is 1. The molecular weight excluding hydrogens is 172 g/mol. The molecule has 1 atom stereocenters. The average Bonchev–Trinajstić information content (AvgIpc) is 2.19. The highest BCUT2D eigenvalue weighted by Crippen LogP contribution is 1.98. The van der Waals surface area contributed by atoms with Crippen LogP contribution in [0.3, 0.4) is 0 Å². The summed E-state index contributed by atoms with van der Waals surface area (Å²) in [5, 5.41) is 3.28. The van der Waals surface area contributed by atoms with Crippen molar-refractivity contribution >= 4 is 0 Å². The molecule has 0 aliphatic heterocycles. The van der Waals surface area contributed by atoms with Crippen LogP contribution in [0, 0.1) is 0 Å². The zero-order valence-electron chi connectivity index (χ0n) is 8.78. The Kier molecular flexibility index (Phi) is 7.80. The lowest BCUT2D eigenvalue weighted by atomic mass is 10.3. The maximum absolute atomic E-state index is 3.79. The minimum absolute atomic E-state index is 0.143. The molecule has 0 spiro atoms. The van der Waals surface area contributed by atoms with Crippen molar-refractivity contribution in [2.75, 3.05) is 19.6 Å². The standard InChI is InChI=1S/C12H20N2/c1-5-9-13-12(8-4)14(10-6-2)11-7-3/h5-8,12-13H,1-4,9-11H2. The van der Waals surface area contributed by atoms with E-state index in [0.29, 0.717) is 0 Å². The number of hydrogen-bond donors (Lipinski definition) is 1. The van der Waals surface area contributed by atoms with E-state index in [1.165, 1.54) is 0 Å². The molecule has 1 N–H and O–H groups in total. The van der Waals surface area contributed by atoms with E-state index < -0.39 is 0 Å². The van der Waals surface area contributed by atoms with E-state index in [0.717, 1.165) is 19.6 Å². The molecule has 0 bridgehead atoms. The van der Waals surface area contributed by atoms with Crippen LogP contribution in [0.1, 0.15) is 0 Å². The first-order valence-corrected chi connectivity index (χ1v) is 4.72. The second-order valence-electron chi connectivity index (χ2n) is 2.91. The Balaban J connectivity index is 4.22. The van der Waals surface area contributed by atoms with Crippen molar-refractivity contribution in [1.29, 1.82) is 0 Å². The third-order valence-electron chi connectivity index (χ3n) is 1.82. The molecular formula is C12H20N2. The molecule has 0 aliphatic rings. The van der Waals surface area contributed by atoms with Crippen LogP contribution >= 0.6 is 0 Å². The van der Waals surface area contributed by atoms with E-state index >= 15 is 0 Å². The SMILES string of the molecule is C=CCNC(C=C)N(CC=C)CC=C. The van der Waals surface area contributed by atoms with Gasteiger partial charge in [-0.1, -0.05) is 24.3 Å². The van der Waals surface area contributed by atoms with Gasteiger partial charge >= 0.3 is 0 Å². The quantitative estimate of drug-likeness (QED) is 0.444. The largest absolute Gasteiger partial charge is 0.295 e. The Morgan fingerprint density at radius 1 is 1.00 bits per heavy atom. The highest BCUT2D eigenvalue weighted by atomic mass is 15.3. The molecule has 0 amide bonds. The second kappa shape index (κ2) is 8.48. The first-order valence-electron chi connectivity index (χ1n) is 4.72. The van der Waals surface area contributed by atoms with Crippen LogP contribution in [-0.4, -0.2) is 30.7 Å². The van der Waals surface area contributed by atoms with E-state index in [-0.39, 0.29) is 6.17 Å². The molecule has 0 radical (unpaired) electrons. The van der Waals surface area contributed by atoms with Crippen LogP contribution in [0.5, 0.6) is 0 Å². The van der Waals surface area contributed by atoms with Crippen molar-refractivity contribution in [3.05, 3.63) is 50.6 Å². The van der Waals surface area contributed by atoms with E-state index in [1.807, 2.05) is 24.3 Å². The molecule has 2 nitrogen and oxygen atoms in total. The summed E-state index contributed by atoms with van der Waals surface area (Å²) < 4.78 is 0. The van der Waals surface area contributed by atoms with Crippen LogP contribution in [0.4, 0.5) is 0 Å². The molecule has 0 saturated carbocycles. The van der Waals surface area contributed by atoms with Crippen molar-refractivity contribution < 1.29 is 0 Å². The minimum atomic E-state index is 0.143. The van der Waals surface area contributed by atoms with Crippen molar-refractivity contribution in [1.82, 2.24) is 10.2 Å². The Bertz CT molecular complexity index is 186. The van der Waals surface area contributed by atoms with Gasteiger partial charge in [-0.2, -0.15) is 0 Å². The molecule has 0 heterocycles. The van der Waals surface area contributed by atoms with Crippen molar-refractivity contribution in [2.24, 2.45) is 0 Å². The zero-order chi connectivity index (χ0) is 10.8. The molecule has 0 aromatic rings. The average molecular weight is 192 g/mol. The van der Waals surface area contributed by atoms with Crippen molar-refractivity contribution in [3.63, 3.8) is 0 Å². The fourth-order valence-corrected chi connectivity index (χ4v) is 1.20. The smallest absolute Gasteiger partial charge is 0.0794 e. The Morgan fingerprint density at radius 2 is 1.57 bits per heavy atom. The molecule has 1 unspecified atom stereocenters. The molecule has 2 heteroatoms. The highest BCUT2D eigenvalue weighted by molar-refractivity contribution is 4.92. The predicted octanol–water partition coefficient (Wildman–Crippen LogP) is 1.95. The molecule has 0 aromatic carbocycles. The molecule has 0 aliphatic carbocycles. The lowest BCUT2D eigenvalue weighted by Gasteiger charge is -2.27. The molecule has 0 rings (SSSR count). The molecule has 0 saturated heterocycles. The van der Waals surface area contributed by atoms with Crippen molar-refractivity contribution in [2.45, 2.75) is 6.17 Å². The van der Waals surface area contributed by atoms with E-state index in [2.05, 4.69) is 36.5 Å². The second-order valence-corrected chi connectivity index (χ2v) is 2.91. The van der Waals surface area contributed by atoms with E-state index in [9.17, 15) is 0 Å². The van der Waals surface area contributed by atoms with Gasteiger partial charge in [0.15, 0.2) is 0 Å². The topological polar surface area (TPSA) is 15.3 Å². The lowest BCUT2D eigenvalue weighted by molar-refractivity contribution is 0.249. The van der Waals surface area contributed by atoms with E-state index in [1.54, 1.807) is 0 Å². The van der Waals surface area contributed by atoms with Gasteiger partial charge in [0.05, 0.1) is 6.17 Å². The fourth-order valence-electron chi connectivity index (χ4n) is 1.20. The van der Waals surface area contributed by atoms with E-state index in [4.69, 9.17) is 0 Å². The van der Waals surface area contributed by atoms with Gasteiger partial charge in [-0.05, 0) is 0 Å². The summed E-state index contributed by atoms with van der Waals surface area (Å²) in [5.41, 5.74) is 0. The molecule has 0 aromatic heterocycles. The summed E-state index contributed by atoms with van der Waals surface area (Å²) in [7, 11) is 0. The van der Waals surface area contributed by atoms with Crippen LogP contribution in [-0.2, 0) is 0 Å². The lowest BCUT2D eigenvalue weighted by Crippen LogP contribution is -2.44. The van der Waals surface area contributed by atoms with Gasteiger partial charge in [-0.15, -0.1) is 26.3 Å². The minimum Gasteiger partial charge on any atom is -0.295 e. The number of rotatable bonds is 9. The normalized spacial score (nSPS) is 12.1. The Hall–Kier alpha value is -1.12. The van der Waals surface area contributed by atoms with Gasteiger partial charge in [0, 0.05) is 19.6 Å². The highest BCUT2D eigenvalue weighted by Gasteiger charge is 2.10. The molecule has 0 fully saturated rings. The number of nitrogens with zero attached hydrogens (tertiary/aromatic N) is 1. The maximum Gasteiger partial charge on any atom is 0.0794 e. The van der Waals surface area contributed by atoms with Gasteiger partial charge in [-0.25, -0.2) is 0 Å². The van der Waals surface area contributed by atoms with Crippen LogP contribution in [0.15, 0.2) is 50.6 Å². The summed E-state index contributed by atoms with van der Waals surface area (Å²) >= 11 is 0. The van der Waals surface area contributed by atoms with Crippen LogP contribution in [0.25, 0.3) is 0 Å². The summed E-state index contributed by atoms with van der Waals surface area (Å²) in [5.74, 6) is 0. The monoisotopic (exact) mass is 192 g/mol. The summed E-state index contributed by atoms with van der Waals surface area (Å²) in [4.78, 5) is 2.18. The third-order valence-corrected chi connectivity index (χ3v) is 1.82. The first kappa shape index (κ1) is 12.9. The summed E-state index contributed by atoms with van der Waals surface area (Å²) in [6.45, 7) is 17.3. The third kappa shape index (κ3) is 4.80. The van der Waals surface area contributed by atoms with Gasteiger partial charge in [0.1, 0.15) is 0 Å². The first-order chi connectivity index (χ1) is 6.79. The molecule has 78 valence electrons. The van der Waals surface area contributed by atoms with Gasteiger partial charge in [0.25, 0.3) is 0 Å². The fraction of sp³-hybridized carbons (Fsp3) is 0.333. The summed E-state index contributed by atoms with van der Waals surface area (Å²) in [6, 6.07) is 0. The van der Waals surface area contributed by atoms with Crippen LogP contribution < -0.4 is 5.32 Å². The van der Waals surface area contributed by atoms with Gasteiger partial charge < -0.3 is 0 Å². The van der Waals surface area contributed by atoms with Crippen LogP contribution in [0.2, 0.25) is 0 Å². The molecule has 14 heavy (non-hydrogen) atoms.